The number of carbonyl (C=O) groups is 2. The number of anilines is 1. The number of aromatic nitrogens is 2. The highest BCUT2D eigenvalue weighted by Gasteiger charge is 2.47. The van der Waals surface area contributed by atoms with Gasteiger partial charge in [0.1, 0.15) is 5.75 Å². The maximum atomic E-state index is 12.4. The molecule has 7 nitrogen and oxygen atoms in total. The first kappa shape index (κ1) is 14.1. The standard InChI is InChI=1S/C15H16N4O3/c1-15(13(20)16-7-10-8-17-19(2)9-10)14(21)18-11-5-3-4-6-12(11)22-15/h3-6,8-9H,7H2,1-2H3,(H,16,20)(H,18,21)/t15-/m1/s1. The van der Waals surface area contributed by atoms with Gasteiger partial charge in [0.25, 0.3) is 17.4 Å². The topological polar surface area (TPSA) is 85.3 Å². The van der Waals surface area contributed by atoms with Crippen LogP contribution >= 0.6 is 0 Å². The Bertz CT molecular complexity index is 740. The van der Waals surface area contributed by atoms with Gasteiger partial charge in [0.05, 0.1) is 11.9 Å². The average Bonchev–Trinajstić information content (AvgIpc) is 2.91. The Morgan fingerprint density at radius 1 is 1.45 bits per heavy atom. The van der Waals surface area contributed by atoms with Crippen molar-refractivity contribution in [1.82, 2.24) is 15.1 Å². The molecule has 1 aromatic carbocycles. The van der Waals surface area contributed by atoms with E-state index in [0.29, 0.717) is 11.4 Å². The highest BCUT2D eigenvalue weighted by Crippen LogP contribution is 2.33. The van der Waals surface area contributed by atoms with Crippen LogP contribution in [0.5, 0.6) is 5.75 Å². The summed E-state index contributed by atoms with van der Waals surface area (Å²) in [6.07, 6.45) is 3.44. The molecule has 1 aliphatic heterocycles. The summed E-state index contributed by atoms with van der Waals surface area (Å²) in [6, 6.07) is 7.00. The molecule has 2 amide bonds. The molecule has 7 heteroatoms. The number of rotatable bonds is 3. The Morgan fingerprint density at radius 2 is 2.23 bits per heavy atom. The number of fused-ring (bicyclic) bond motifs is 1. The van der Waals surface area contributed by atoms with Crippen molar-refractivity contribution >= 4 is 17.5 Å². The Hall–Kier alpha value is -2.83. The molecule has 0 radical (unpaired) electrons. The van der Waals surface area contributed by atoms with Crippen LogP contribution in [-0.4, -0.2) is 27.2 Å². The minimum Gasteiger partial charge on any atom is -0.466 e. The summed E-state index contributed by atoms with van der Waals surface area (Å²) in [6.45, 7) is 1.73. The number of carbonyl (C=O) groups excluding carboxylic acids is 2. The molecule has 1 aromatic heterocycles. The van der Waals surface area contributed by atoms with E-state index in [9.17, 15) is 9.59 Å². The zero-order valence-corrected chi connectivity index (χ0v) is 12.3. The van der Waals surface area contributed by atoms with E-state index >= 15 is 0 Å². The highest BCUT2D eigenvalue weighted by atomic mass is 16.5. The van der Waals surface area contributed by atoms with Gasteiger partial charge in [-0.05, 0) is 19.1 Å². The fraction of sp³-hybridized carbons (Fsp3) is 0.267. The van der Waals surface area contributed by atoms with E-state index in [1.165, 1.54) is 6.92 Å². The summed E-state index contributed by atoms with van der Waals surface area (Å²) in [4.78, 5) is 24.6. The molecule has 0 bridgehead atoms. The Kier molecular flexibility index (Phi) is 3.32. The molecule has 0 saturated carbocycles. The summed E-state index contributed by atoms with van der Waals surface area (Å²) in [5, 5.41) is 9.42. The van der Waals surface area contributed by atoms with Gasteiger partial charge in [-0.15, -0.1) is 0 Å². The molecule has 0 fully saturated rings. The second kappa shape index (κ2) is 5.18. The van der Waals surface area contributed by atoms with Gasteiger partial charge in [-0.2, -0.15) is 5.10 Å². The first-order valence-electron chi connectivity index (χ1n) is 6.84. The van der Waals surface area contributed by atoms with Gasteiger partial charge in [-0.3, -0.25) is 14.3 Å². The van der Waals surface area contributed by atoms with Gasteiger partial charge in [-0.1, -0.05) is 12.1 Å². The van der Waals surface area contributed by atoms with Crippen LogP contribution in [0.4, 0.5) is 5.69 Å². The minimum atomic E-state index is -1.60. The number of nitrogens with zero attached hydrogens (tertiary/aromatic N) is 2. The number of para-hydroxylation sites is 2. The van der Waals surface area contributed by atoms with Crippen LogP contribution in [0, 0.1) is 0 Å². The Morgan fingerprint density at radius 3 is 2.95 bits per heavy atom. The lowest BCUT2D eigenvalue weighted by molar-refractivity contribution is -0.146. The molecule has 2 heterocycles. The minimum absolute atomic E-state index is 0.278. The maximum Gasteiger partial charge on any atom is 0.278 e. The van der Waals surface area contributed by atoms with Crippen LogP contribution in [0.15, 0.2) is 36.7 Å². The van der Waals surface area contributed by atoms with Crippen molar-refractivity contribution in [3.8, 4) is 5.75 Å². The number of ether oxygens (including phenoxy) is 1. The van der Waals surface area contributed by atoms with Crippen molar-refractivity contribution in [1.29, 1.82) is 0 Å². The van der Waals surface area contributed by atoms with Crippen LogP contribution in [0.3, 0.4) is 0 Å². The number of amides is 2. The van der Waals surface area contributed by atoms with E-state index in [-0.39, 0.29) is 6.54 Å². The second-order valence-corrected chi connectivity index (χ2v) is 5.29. The maximum absolute atomic E-state index is 12.4. The third kappa shape index (κ3) is 2.41. The summed E-state index contributed by atoms with van der Waals surface area (Å²) < 4.78 is 7.28. The zero-order chi connectivity index (χ0) is 15.7. The highest BCUT2D eigenvalue weighted by molar-refractivity contribution is 6.15. The fourth-order valence-corrected chi connectivity index (χ4v) is 2.23. The summed E-state index contributed by atoms with van der Waals surface area (Å²) in [5.41, 5.74) is -0.197. The third-order valence-electron chi connectivity index (χ3n) is 3.53. The predicted molar refractivity (Wildman–Crippen MR) is 79.2 cm³/mol. The molecule has 1 aliphatic rings. The van der Waals surface area contributed by atoms with Gasteiger partial charge in [-0.25, -0.2) is 0 Å². The molecule has 0 aliphatic carbocycles. The van der Waals surface area contributed by atoms with E-state index in [4.69, 9.17) is 4.74 Å². The van der Waals surface area contributed by atoms with Crippen molar-refractivity contribution in [3.05, 3.63) is 42.2 Å². The summed E-state index contributed by atoms with van der Waals surface area (Å²) in [5.74, 6) is -0.514. The van der Waals surface area contributed by atoms with Crippen molar-refractivity contribution in [2.45, 2.75) is 19.1 Å². The monoisotopic (exact) mass is 300 g/mol. The summed E-state index contributed by atoms with van der Waals surface area (Å²) >= 11 is 0. The van der Waals surface area contributed by atoms with Crippen molar-refractivity contribution in [2.24, 2.45) is 7.05 Å². The van der Waals surface area contributed by atoms with Crippen LogP contribution in [0.2, 0.25) is 0 Å². The van der Waals surface area contributed by atoms with Gasteiger partial charge >= 0.3 is 0 Å². The first-order chi connectivity index (χ1) is 10.5. The molecule has 0 saturated heterocycles. The van der Waals surface area contributed by atoms with E-state index in [2.05, 4.69) is 15.7 Å². The van der Waals surface area contributed by atoms with Crippen LogP contribution in [0.25, 0.3) is 0 Å². The third-order valence-corrected chi connectivity index (χ3v) is 3.53. The smallest absolute Gasteiger partial charge is 0.278 e. The molecule has 0 spiro atoms. The molecule has 2 N–H and O–H groups in total. The molecule has 0 unspecified atom stereocenters. The molecular formula is C15H16N4O3. The summed E-state index contributed by atoms with van der Waals surface area (Å²) in [7, 11) is 1.79. The predicted octanol–water partition coefficient (Wildman–Crippen LogP) is 0.826. The lowest BCUT2D eigenvalue weighted by atomic mass is 10.0. The van der Waals surface area contributed by atoms with Crippen molar-refractivity contribution in [3.63, 3.8) is 0 Å². The molecule has 22 heavy (non-hydrogen) atoms. The van der Waals surface area contributed by atoms with Crippen molar-refractivity contribution in [2.75, 3.05) is 5.32 Å². The average molecular weight is 300 g/mol. The number of aryl methyl sites for hydroxylation is 1. The Labute approximate surface area is 127 Å². The lowest BCUT2D eigenvalue weighted by Gasteiger charge is -2.33. The van der Waals surface area contributed by atoms with E-state index in [1.807, 2.05) is 0 Å². The normalized spacial score (nSPS) is 19.8. The molecule has 114 valence electrons. The van der Waals surface area contributed by atoms with Gasteiger partial charge in [0.2, 0.25) is 0 Å². The second-order valence-electron chi connectivity index (χ2n) is 5.29. The molecule has 1 atom stereocenters. The molecule has 2 aromatic rings. The van der Waals surface area contributed by atoms with E-state index < -0.39 is 17.4 Å². The van der Waals surface area contributed by atoms with Crippen LogP contribution in [-0.2, 0) is 23.2 Å². The fourth-order valence-electron chi connectivity index (χ4n) is 2.23. The zero-order valence-electron chi connectivity index (χ0n) is 12.3. The quantitative estimate of drug-likeness (QED) is 0.822. The lowest BCUT2D eigenvalue weighted by Crippen LogP contribution is -2.58. The number of hydrogen-bond donors (Lipinski definition) is 2. The number of benzene rings is 1. The van der Waals surface area contributed by atoms with Gasteiger partial charge in [0.15, 0.2) is 0 Å². The van der Waals surface area contributed by atoms with Gasteiger partial charge in [0, 0.05) is 25.4 Å². The number of nitrogens with one attached hydrogen (secondary N) is 2. The van der Waals surface area contributed by atoms with Crippen LogP contribution < -0.4 is 15.4 Å². The molecule has 3 rings (SSSR count). The van der Waals surface area contributed by atoms with E-state index in [1.54, 1.807) is 48.4 Å². The van der Waals surface area contributed by atoms with Crippen molar-refractivity contribution < 1.29 is 14.3 Å². The Balaban J connectivity index is 1.75. The molecular weight excluding hydrogens is 284 g/mol. The van der Waals surface area contributed by atoms with E-state index in [0.717, 1.165) is 5.56 Å². The van der Waals surface area contributed by atoms with Gasteiger partial charge < -0.3 is 15.4 Å². The van der Waals surface area contributed by atoms with Crippen LogP contribution in [0.1, 0.15) is 12.5 Å². The first-order valence-corrected chi connectivity index (χ1v) is 6.84. The largest absolute Gasteiger partial charge is 0.466 e. The SMILES string of the molecule is Cn1cc(CNC(=O)[C@@]2(C)Oc3ccccc3NC2=O)cn1. The number of hydrogen-bond acceptors (Lipinski definition) is 4.